The fraction of sp³-hybridized carbons (Fsp3) is 0.0370. The van der Waals surface area contributed by atoms with Gasteiger partial charge in [0.1, 0.15) is 0 Å². The monoisotopic (exact) mass is 744 g/mol. The van der Waals surface area contributed by atoms with Crippen LogP contribution in [0.25, 0.3) is 87.5 Å². The largest absolute Gasteiger partial charge is 0.228 e. The maximum atomic E-state index is 5.25. The Balaban J connectivity index is 0.999. The maximum Gasteiger partial charge on any atom is 0.160 e. The first kappa shape index (κ1) is 33.4. The maximum absolute atomic E-state index is 5.25. The minimum atomic E-state index is -0.224. The summed E-state index contributed by atoms with van der Waals surface area (Å²) in [7, 11) is 0. The van der Waals surface area contributed by atoms with E-state index in [1.165, 1.54) is 59.1 Å². The molecule has 0 atom stereocenters. The van der Waals surface area contributed by atoms with Gasteiger partial charge in [0.25, 0.3) is 0 Å². The number of rotatable bonds is 6. The molecule has 0 fully saturated rings. The molecule has 0 amide bonds. The molecule has 1 aliphatic rings. The van der Waals surface area contributed by atoms with Crippen molar-refractivity contribution in [2.45, 2.75) is 12.3 Å². The first-order valence-corrected chi connectivity index (χ1v) is 20.3. The number of thiophene rings is 1. The van der Waals surface area contributed by atoms with E-state index in [-0.39, 0.29) is 5.41 Å². The molecule has 0 unspecified atom stereocenters. The van der Waals surface area contributed by atoms with Crippen LogP contribution in [0, 0.1) is 0 Å². The molecule has 10 aromatic rings. The highest BCUT2D eigenvalue weighted by Crippen LogP contribution is 2.52. The predicted octanol–water partition coefficient (Wildman–Crippen LogP) is 14.5. The van der Waals surface area contributed by atoms with Crippen LogP contribution in [0.3, 0.4) is 0 Å². The molecule has 11 rings (SSSR count). The Kier molecular flexibility index (Phi) is 7.84. The molecule has 2 aromatic heterocycles. The smallest absolute Gasteiger partial charge is 0.160 e. The van der Waals surface area contributed by atoms with Crippen LogP contribution in [0.4, 0.5) is 0 Å². The molecule has 0 radical (unpaired) electrons. The van der Waals surface area contributed by atoms with E-state index in [9.17, 15) is 0 Å². The van der Waals surface area contributed by atoms with Crippen LogP contribution in [-0.4, -0.2) is 9.97 Å². The molecular formula is C54H36N2S. The molecule has 1 aliphatic carbocycles. The van der Waals surface area contributed by atoms with E-state index in [0.717, 1.165) is 39.2 Å². The van der Waals surface area contributed by atoms with Crippen molar-refractivity contribution < 1.29 is 0 Å². The summed E-state index contributed by atoms with van der Waals surface area (Å²) in [5.74, 6) is 0.706. The van der Waals surface area contributed by atoms with Crippen molar-refractivity contribution in [1.82, 2.24) is 9.97 Å². The second-order valence-corrected chi connectivity index (χ2v) is 16.1. The zero-order valence-corrected chi connectivity index (χ0v) is 32.2. The summed E-state index contributed by atoms with van der Waals surface area (Å²) < 4.78 is 2.61. The zero-order chi connectivity index (χ0) is 37.9. The number of hydrogen-bond donors (Lipinski definition) is 0. The Morgan fingerprint density at radius 1 is 0.368 bits per heavy atom. The molecule has 0 aliphatic heterocycles. The molecule has 0 saturated carbocycles. The van der Waals surface area contributed by atoms with Crippen molar-refractivity contribution in [1.29, 1.82) is 0 Å². The molecule has 57 heavy (non-hydrogen) atoms. The standard InChI is InChI=1S/C54H36N2S/c1-54(47-23-10-7-19-42(47)43-20-8-11-24-48(43)54)40-29-26-35(27-30-40)37-16-13-17-39(32-37)49-34-50(56-53(55-49)36-14-3-2-4-15-36)44-21-6-5-18-41(44)38-28-31-52-46(33-38)45-22-9-12-25-51(45)57-52/h2-34H,1H3. The van der Waals surface area contributed by atoms with E-state index in [0.29, 0.717) is 5.82 Å². The van der Waals surface area contributed by atoms with Crippen molar-refractivity contribution in [3.05, 3.63) is 217 Å². The summed E-state index contributed by atoms with van der Waals surface area (Å²) in [6.07, 6.45) is 0. The third kappa shape index (κ3) is 5.54. The van der Waals surface area contributed by atoms with Crippen LogP contribution < -0.4 is 0 Å². The third-order valence-electron chi connectivity index (χ3n) is 11.8. The molecule has 8 aromatic carbocycles. The third-order valence-corrected chi connectivity index (χ3v) is 13.0. The van der Waals surface area contributed by atoms with Gasteiger partial charge >= 0.3 is 0 Å². The molecular weight excluding hydrogens is 709 g/mol. The topological polar surface area (TPSA) is 25.8 Å². The van der Waals surface area contributed by atoms with Gasteiger partial charge in [-0.2, -0.15) is 0 Å². The summed E-state index contributed by atoms with van der Waals surface area (Å²) in [4.78, 5) is 10.5. The van der Waals surface area contributed by atoms with Crippen LogP contribution >= 0.6 is 11.3 Å². The SMILES string of the molecule is CC1(c2ccc(-c3cccc(-c4cc(-c5ccccc5-c5ccc6sc7ccccc7c6c5)nc(-c5ccccc5)n4)c3)cc2)c2ccccc2-c2ccccc21. The van der Waals surface area contributed by atoms with Crippen LogP contribution in [0.5, 0.6) is 0 Å². The molecule has 2 nitrogen and oxygen atoms in total. The van der Waals surface area contributed by atoms with Crippen LogP contribution in [0.15, 0.2) is 200 Å². The van der Waals surface area contributed by atoms with Gasteiger partial charge in [0.15, 0.2) is 5.82 Å². The van der Waals surface area contributed by atoms with E-state index in [1.807, 2.05) is 29.5 Å². The van der Waals surface area contributed by atoms with Gasteiger partial charge in [0.05, 0.1) is 11.4 Å². The summed E-state index contributed by atoms with van der Waals surface area (Å²) in [5.41, 5.74) is 16.0. The number of aromatic nitrogens is 2. The molecule has 0 bridgehead atoms. The highest BCUT2D eigenvalue weighted by Gasteiger charge is 2.40. The quantitative estimate of drug-likeness (QED) is 0.169. The predicted molar refractivity (Wildman–Crippen MR) is 240 cm³/mol. The minimum absolute atomic E-state index is 0.224. The lowest BCUT2D eigenvalue weighted by Gasteiger charge is -2.28. The van der Waals surface area contributed by atoms with Crippen molar-refractivity contribution in [3.63, 3.8) is 0 Å². The van der Waals surface area contributed by atoms with Crippen molar-refractivity contribution in [2.24, 2.45) is 0 Å². The van der Waals surface area contributed by atoms with Crippen molar-refractivity contribution in [3.8, 4) is 67.3 Å². The average Bonchev–Trinajstić information content (AvgIpc) is 3.79. The van der Waals surface area contributed by atoms with Crippen LogP contribution in [0.2, 0.25) is 0 Å². The molecule has 0 saturated heterocycles. The van der Waals surface area contributed by atoms with Gasteiger partial charge in [-0.15, -0.1) is 11.3 Å². The average molecular weight is 745 g/mol. The number of fused-ring (bicyclic) bond motifs is 6. The lowest BCUT2D eigenvalue weighted by atomic mass is 9.74. The first-order chi connectivity index (χ1) is 28.1. The van der Waals surface area contributed by atoms with Gasteiger partial charge < -0.3 is 0 Å². The zero-order valence-electron chi connectivity index (χ0n) is 31.4. The fourth-order valence-electron chi connectivity index (χ4n) is 8.92. The molecule has 268 valence electrons. The van der Waals surface area contributed by atoms with Crippen molar-refractivity contribution >= 4 is 31.5 Å². The first-order valence-electron chi connectivity index (χ1n) is 19.5. The Morgan fingerprint density at radius 3 is 1.72 bits per heavy atom. The van der Waals surface area contributed by atoms with Crippen molar-refractivity contribution in [2.75, 3.05) is 0 Å². The number of nitrogens with zero attached hydrogens (tertiary/aromatic N) is 2. The van der Waals surface area contributed by atoms with Gasteiger partial charge in [-0.25, -0.2) is 9.97 Å². The number of hydrogen-bond acceptors (Lipinski definition) is 3. The van der Waals surface area contributed by atoms with Gasteiger partial charge in [-0.05, 0) is 87.3 Å². The Morgan fingerprint density at radius 2 is 0.947 bits per heavy atom. The second kappa shape index (κ2) is 13.4. The Hall–Kier alpha value is -6.94. The summed E-state index contributed by atoms with van der Waals surface area (Å²) in [5, 5.41) is 2.58. The van der Waals surface area contributed by atoms with Crippen LogP contribution in [0.1, 0.15) is 23.6 Å². The van der Waals surface area contributed by atoms with Gasteiger partial charge in [-0.1, -0.05) is 170 Å². The molecule has 2 heterocycles. The van der Waals surface area contributed by atoms with Gasteiger partial charge in [0, 0.05) is 42.3 Å². The number of benzene rings is 8. The summed E-state index contributed by atoms with van der Waals surface area (Å²) >= 11 is 1.85. The second-order valence-electron chi connectivity index (χ2n) is 15.1. The van der Waals surface area contributed by atoms with E-state index in [4.69, 9.17) is 9.97 Å². The molecule has 3 heteroatoms. The molecule has 0 spiro atoms. The lowest BCUT2D eigenvalue weighted by molar-refractivity contribution is 0.714. The van der Waals surface area contributed by atoms with E-state index in [1.54, 1.807) is 0 Å². The molecule has 0 N–H and O–H groups in total. The summed E-state index contributed by atoms with van der Waals surface area (Å²) in [6, 6.07) is 72.2. The normalized spacial score (nSPS) is 12.8. The highest BCUT2D eigenvalue weighted by atomic mass is 32.1. The lowest BCUT2D eigenvalue weighted by Crippen LogP contribution is -2.22. The Labute approximate surface area is 336 Å². The van der Waals surface area contributed by atoms with E-state index < -0.39 is 0 Å². The van der Waals surface area contributed by atoms with Gasteiger partial charge in [0.2, 0.25) is 0 Å². The van der Waals surface area contributed by atoms with E-state index in [2.05, 4.69) is 189 Å². The minimum Gasteiger partial charge on any atom is -0.228 e. The van der Waals surface area contributed by atoms with E-state index >= 15 is 0 Å². The fourth-order valence-corrected chi connectivity index (χ4v) is 10.0. The highest BCUT2D eigenvalue weighted by molar-refractivity contribution is 7.25. The van der Waals surface area contributed by atoms with Crippen LogP contribution in [-0.2, 0) is 5.41 Å². The summed E-state index contributed by atoms with van der Waals surface area (Å²) in [6.45, 7) is 2.37. The van der Waals surface area contributed by atoms with Gasteiger partial charge in [-0.3, -0.25) is 0 Å². The Bertz CT molecular complexity index is 3090.